The van der Waals surface area contributed by atoms with Crippen molar-refractivity contribution in [3.8, 4) is 11.5 Å². The molecule has 4 aromatic rings. The first-order valence-electron chi connectivity index (χ1n) is 22.0. The first-order valence-corrected chi connectivity index (χ1v) is 22.0. The van der Waals surface area contributed by atoms with E-state index in [2.05, 4.69) is 5.32 Å². The van der Waals surface area contributed by atoms with Gasteiger partial charge in [0.15, 0.2) is 35.9 Å². The lowest BCUT2D eigenvalue weighted by atomic mass is 9.90. The molecule has 2 aliphatic heterocycles. The van der Waals surface area contributed by atoms with E-state index in [1.807, 2.05) is 0 Å². The van der Waals surface area contributed by atoms with Crippen LogP contribution in [0.4, 0.5) is 0 Å². The van der Waals surface area contributed by atoms with Gasteiger partial charge in [0.05, 0.1) is 16.7 Å². The lowest BCUT2D eigenvalue weighted by Gasteiger charge is -2.43. The van der Waals surface area contributed by atoms with Gasteiger partial charge in [0, 0.05) is 40.2 Å². The Bertz CT molecular complexity index is 2500. The molecule has 0 spiro atoms. The van der Waals surface area contributed by atoms with E-state index in [-0.39, 0.29) is 35.4 Å². The number of amides is 1. The third kappa shape index (κ3) is 13.7. The van der Waals surface area contributed by atoms with Crippen LogP contribution >= 0.6 is 0 Å². The Morgan fingerprint density at radius 3 is 1.57 bits per heavy atom. The van der Waals surface area contributed by atoms with Crippen LogP contribution in [0.3, 0.4) is 0 Å². The van der Waals surface area contributed by atoms with E-state index in [0.29, 0.717) is 5.56 Å². The topological polar surface area (TPSA) is 261 Å². The summed E-state index contributed by atoms with van der Waals surface area (Å²) in [6.45, 7) is 5.20. The fourth-order valence-electron chi connectivity index (χ4n) is 7.64. The van der Waals surface area contributed by atoms with Crippen LogP contribution in [-0.2, 0) is 73.0 Å². The predicted molar refractivity (Wildman–Crippen MR) is 238 cm³/mol. The average molecular weight is 970 g/mol. The van der Waals surface area contributed by atoms with Crippen molar-refractivity contribution in [1.82, 2.24) is 5.32 Å². The molecule has 6 rings (SSSR count). The highest BCUT2D eigenvalue weighted by atomic mass is 16.7. The molecule has 70 heavy (non-hydrogen) atoms. The van der Waals surface area contributed by atoms with E-state index in [0.717, 1.165) is 27.7 Å². The van der Waals surface area contributed by atoms with Crippen LogP contribution in [0.5, 0.6) is 11.5 Å². The predicted octanol–water partition coefficient (Wildman–Crippen LogP) is 4.18. The standard InChI is InChI=1S/C50H51NO19/c1-27-39(68-47(59)34-17-11-7-12-18-34)38(26-61-46(58)33-15-9-6-10-16-33)67-49(40(27)69-48(60)35-19-13-8-14-20-35)66-37-22-21-32(25-36(37)56)23-24-51-45(57)43-41(62-28(2)52)42(63-29(3)53)44(64-30(4)54)50(70-43)65-31(5)55/h6-22,25,27,38-44,49-50,56H,23-24,26H2,1-5H3,(H,51,57). The van der Waals surface area contributed by atoms with Gasteiger partial charge in [-0.25, -0.2) is 14.4 Å². The number of hydrogen-bond acceptors (Lipinski definition) is 19. The second kappa shape index (κ2) is 23.9. The number of carbonyl (C=O) groups is 8. The molecule has 20 heteroatoms. The van der Waals surface area contributed by atoms with Gasteiger partial charge in [-0.2, -0.15) is 0 Å². The molecular weight excluding hydrogens is 919 g/mol. The van der Waals surface area contributed by atoms with Crippen LogP contribution in [-0.4, -0.2) is 121 Å². The molecule has 10 unspecified atom stereocenters. The van der Waals surface area contributed by atoms with Crippen LogP contribution in [0.25, 0.3) is 0 Å². The normalized spacial score (nSPS) is 23.8. The molecular formula is C50H51NO19. The Morgan fingerprint density at radius 2 is 1.04 bits per heavy atom. The fraction of sp³-hybridized carbons (Fsp3) is 0.360. The number of aromatic hydroxyl groups is 1. The summed E-state index contributed by atoms with van der Waals surface area (Å²) in [7, 11) is 0. The number of benzene rings is 4. The zero-order valence-corrected chi connectivity index (χ0v) is 38.6. The van der Waals surface area contributed by atoms with Crippen molar-refractivity contribution in [2.24, 2.45) is 5.92 Å². The zero-order chi connectivity index (χ0) is 50.5. The van der Waals surface area contributed by atoms with Crippen LogP contribution in [0.15, 0.2) is 109 Å². The molecule has 0 aromatic heterocycles. The van der Waals surface area contributed by atoms with Gasteiger partial charge in [0.25, 0.3) is 5.91 Å². The molecule has 2 N–H and O–H groups in total. The lowest BCUT2D eigenvalue weighted by molar-refractivity contribution is -0.290. The van der Waals surface area contributed by atoms with Crippen LogP contribution in [0.1, 0.15) is 71.3 Å². The van der Waals surface area contributed by atoms with Crippen molar-refractivity contribution < 1.29 is 90.8 Å². The molecule has 0 bridgehead atoms. The molecule has 0 saturated carbocycles. The van der Waals surface area contributed by atoms with Crippen molar-refractivity contribution in [3.63, 3.8) is 0 Å². The number of esters is 7. The van der Waals surface area contributed by atoms with Gasteiger partial charge in [0.2, 0.25) is 18.7 Å². The van der Waals surface area contributed by atoms with Crippen molar-refractivity contribution in [3.05, 3.63) is 131 Å². The SMILES string of the molecule is CC(=O)OC1OC(C(=O)NCCc2ccc(OC3OC(COC(=O)c4ccccc4)C(OC(=O)c4ccccc4)C(C)C3OC(=O)c3ccccc3)c(O)c2)C(OC(C)=O)C(OC(C)=O)C1OC(C)=O. The summed E-state index contributed by atoms with van der Waals surface area (Å²) in [5, 5.41) is 13.9. The summed E-state index contributed by atoms with van der Waals surface area (Å²) in [5.74, 6) is -8.09. The number of ether oxygens (including phenoxy) is 10. The highest BCUT2D eigenvalue weighted by Gasteiger charge is 2.56. The second-order valence-corrected chi connectivity index (χ2v) is 16.1. The molecule has 10 atom stereocenters. The van der Waals surface area contributed by atoms with Gasteiger partial charge in [0.1, 0.15) is 18.8 Å². The maximum atomic E-state index is 13.7. The number of rotatable bonds is 17. The third-order valence-electron chi connectivity index (χ3n) is 10.8. The summed E-state index contributed by atoms with van der Waals surface area (Å²) in [5.41, 5.74) is 1.13. The largest absolute Gasteiger partial charge is 0.504 e. The zero-order valence-electron chi connectivity index (χ0n) is 38.6. The van der Waals surface area contributed by atoms with Gasteiger partial charge in [-0.05, 0) is 60.5 Å². The van der Waals surface area contributed by atoms with Crippen LogP contribution in [0, 0.1) is 5.92 Å². The van der Waals surface area contributed by atoms with E-state index in [4.69, 9.17) is 47.4 Å². The van der Waals surface area contributed by atoms with E-state index >= 15 is 0 Å². The highest BCUT2D eigenvalue weighted by Crippen LogP contribution is 2.37. The van der Waals surface area contributed by atoms with Crippen molar-refractivity contribution in [2.75, 3.05) is 13.2 Å². The molecule has 20 nitrogen and oxygen atoms in total. The average Bonchev–Trinajstić information content (AvgIpc) is 3.33. The Kier molecular flexibility index (Phi) is 17.6. The molecule has 4 aromatic carbocycles. The molecule has 1 amide bonds. The molecule has 2 saturated heterocycles. The quantitative estimate of drug-likeness (QED) is 0.111. The van der Waals surface area contributed by atoms with E-state index in [1.165, 1.54) is 12.1 Å². The summed E-state index contributed by atoms with van der Waals surface area (Å²) in [6, 6.07) is 28.7. The fourth-order valence-corrected chi connectivity index (χ4v) is 7.64. The Hall–Kier alpha value is -7.84. The monoisotopic (exact) mass is 969 g/mol. The molecule has 2 aliphatic rings. The molecule has 2 heterocycles. The lowest BCUT2D eigenvalue weighted by Crippen LogP contribution is -2.65. The van der Waals surface area contributed by atoms with E-state index in [1.54, 1.807) is 104 Å². The van der Waals surface area contributed by atoms with Crippen molar-refractivity contribution in [2.45, 2.75) is 96.3 Å². The second-order valence-electron chi connectivity index (χ2n) is 16.1. The number of phenols is 1. The summed E-state index contributed by atoms with van der Waals surface area (Å²) in [4.78, 5) is 102. The van der Waals surface area contributed by atoms with Gasteiger partial charge >= 0.3 is 41.8 Å². The highest BCUT2D eigenvalue weighted by molar-refractivity contribution is 5.90. The van der Waals surface area contributed by atoms with Gasteiger partial charge in [-0.1, -0.05) is 67.6 Å². The van der Waals surface area contributed by atoms with Gasteiger partial charge in [-0.15, -0.1) is 0 Å². The van der Waals surface area contributed by atoms with E-state index in [9.17, 15) is 43.5 Å². The minimum atomic E-state index is -1.76. The minimum absolute atomic E-state index is 0.0684. The first-order chi connectivity index (χ1) is 33.5. The number of carbonyl (C=O) groups excluding carboxylic acids is 8. The van der Waals surface area contributed by atoms with Crippen LogP contribution < -0.4 is 10.1 Å². The van der Waals surface area contributed by atoms with E-state index < -0.39 is 121 Å². The number of nitrogens with one attached hydrogen (secondary N) is 1. The summed E-state index contributed by atoms with van der Waals surface area (Å²) < 4.78 is 57.1. The maximum Gasteiger partial charge on any atom is 0.338 e. The number of hydrogen-bond donors (Lipinski definition) is 2. The number of phenolic OH excluding ortho intramolecular Hbond substituents is 1. The molecule has 0 radical (unpaired) electrons. The maximum absolute atomic E-state index is 13.7. The van der Waals surface area contributed by atoms with Crippen LogP contribution in [0.2, 0.25) is 0 Å². The molecule has 370 valence electrons. The third-order valence-corrected chi connectivity index (χ3v) is 10.8. The first kappa shape index (κ1) is 51.5. The Labute approximate surface area is 401 Å². The summed E-state index contributed by atoms with van der Waals surface area (Å²) in [6.07, 6.45) is -13.5. The van der Waals surface area contributed by atoms with Gasteiger partial charge < -0.3 is 57.8 Å². The Morgan fingerprint density at radius 1 is 0.543 bits per heavy atom. The van der Waals surface area contributed by atoms with Crippen molar-refractivity contribution in [1.29, 1.82) is 0 Å². The molecule has 2 fully saturated rings. The van der Waals surface area contributed by atoms with Crippen molar-refractivity contribution >= 4 is 47.7 Å². The minimum Gasteiger partial charge on any atom is -0.504 e. The smallest absolute Gasteiger partial charge is 0.338 e. The molecule has 0 aliphatic carbocycles. The summed E-state index contributed by atoms with van der Waals surface area (Å²) >= 11 is 0. The Balaban J connectivity index is 1.21. The van der Waals surface area contributed by atoms with Gasteiger partial charge in [-0.3, -0.25) is 24.0 Å².